The summed E-state index contributed by atoms with van der Waals surface area (Å²) in [5.74, 6) is 5.55. The van der Waals surface area contributed by atoms with Gasteiger partial charge in [0, 0.05) is 32.4 Å². The van der Waals surface area contributed by atoms with Crippen LogP contribution >= 0.6 is 0 Å². The number of benzene rings is 3. The Bertz CT molecular complexity index is 1870. The van der Waals surface area contributed by atoms with E-state index in [-0.39, 0.29) is 28.4 Å². The molecule has 0 amide bonds. The summed E-state index contributed by atoms with van der Waals surface area (Å²) in [6, 6.07) is 30.9. The Morgan fingerprint density at radius 2 is 1.54 bits per heavy atom. The fourth-order valence-electron chi connectivity index (χ4n) is 7.86. The van der Waals surface area contributed by atoms with Crippen molar-refractivity contribution in [3.8, 4) is 11.8 Å². The van der Waals surface area contributed by atoms with Gasteiger partial charge in [0.25, 0.3) is 8.32 Å². The third-order valence-corrected chi connectivity index (χ3v) is 20.1. The van der Waals surface area contributed by atoms with Gasteiger partial charge in [0.1, 0.15) is 12.9 Å². The van der Waals surface area contributed by atoms with E-state index >= 15 is 0 Å². The predicted molar refractivity (Wildman–Crippen MR) is 237 cm³/mol. The molecule has 5 atom stereocenters. The summed E-state index contributed by atoms with van der Waals surface area (Å²) in [5.41, 5.74) is 0.986. The molecule has 3 aromatic carbocycles. The highest BCUT2D eigenvalue weighted by Gasteiger charge is 2.51. The van der Waals surface area contributed by atoms with Crippen LogP contribution in [0.1, 0.15) is 60.8 Å². The highest BCUT2D eigenvalue weighted by atomic mass is 32.2. The lowest BCUT2D eigenvalue weighted by atomic mass is 9.60. The molecule has 4 rings (SSSR count). The van der Waals surface area contributed by atoms with Crippen LogP contribution in [0.2, 0.25) is 30.7 Å². The second-order valence-electron chi connectivity index (χ2n) is 18.0. The second kappa shape index (κ2) is 19.6. The first kappa shape index (κ1) is 45.6. The van der Waals surface area contributed by atoms with Crippen LogP contribution in [0.4, 0.5) is 0 Å². The van der Waals surface area contributed by atoms with Crippen LogP contribution in [0.3, 0.4) is 0 Å². The van der Waals surface area contributed by atoms with Crippen molar-refractivity contribution in [3.05, 3.63) is 115 Å². The Morgan fingerprint density at radius 3 is 2.07 bits per heavy atom. The summed E-state index contributed by atoms with van der Waals surface area (Å²) < 4.78 is 46.7. The molecule has 0 heterocycles. The van der Waals surface area contributed by atoms with Gasteiger partial charge in [-0.05, 0) is 59.3 Å². The fraction of sp³-hybridized carbons (Fsp3) is 0.489. The maximum atomic E-state index is 13.7. The van der Waals surface area contributed by atoms with E-state index in [0.717, 1.165) is 11.6 Å². The zero-order chi connectivity index (χ0) is 41.2. The standard InChI is InChI=1S/C47H66O6SSi2/c1-37(34-53-56(46(4,5)6,41-26-18-13-19-27-41)42-28-20-14-21-29-42)23-15-11-22-30-43(48)45-39(3)47(7,35-54(49,50)40-24-16-12-17-25-40)38(2)33-44(45)52-36-51-31-32-55(8,9)10/h12-14,16-21,23-29,38,43-45,48H,3,11,15,31-36H2,1-2,4-10H3/b37-23+/t38-,43+,44+,45-,47+/m1/s1. The normalized spacial score (nSPS) is 21.6. The smallest absolute Gasteiger partial charge is 0.261 e. The molecular formula is C47H66O6SSi2. The van der Waals surface area contributed by atoms with Crippen molar-refractivity contribution in [2.24, 2.45) is 17.3 Å². The molecule has 0 bridgehead atoms. The predicted octanol–water partition coefficient (Wildman–Crippen LogP) is 9.04. The highest BCUT2D eigenvalue weighted by Crippen LogP contribution is 2.50. The average Bonchev–Trinajstić information content (AvgIpc) is 3.14. The quantitative estimate of drug-likeness (QED) is 0.0482. The Kier molecular flexibility index (Phi) is 16.0. The molecule has 1 aliphatic rings. The van der Waals surface area contributed by atoms with E-state index in [1.165, 1.54) is 10.4 Å². The Labute approximate surface area is 340 Å². The first-order chi connectivity index (χ1) is 26.3. The minimum Gasteiger partial charge on any atom is -0.403 e. The number of unbranched alkanes of at least 4 members (excludes halogenated alkanes) is 1. The van der Waals surface area contributed by atoms with E-state index in [0.29, 0.717) is 38.0 Å². The third-order valence-electron chi connectivity index (χ3n) is 11.4. The van der Waals surface area contributed by atoms with E-state index in [9.17, 15) is 13.5 Å². The van der Waals surface area contributed by atoms with Crippen LogP contribution in [0.5, 0.6) is 0 Å². The van der Waals surface area contributed by atoms with Crippen LogP contribution in [0, 0.1) is 29.1 Å². The van der Waals surface area contributed by atoms with E-state index in [1.807, 2.05) is 13.0 Å². The molecule has 56 heavy (non-hydrogen) atoms. The van der Waals surface area contributed by atoms with Gasteiger partial charge in [-0.3, -0.25) is 0 Å². The number of aliphatic hydroxyl groups excluding tert-OH is 1. The number of hydrogen-bond donors (Lipinski definition) is 1. The van der Waals surface area contributed by atoms with Crippen LogP contribution in [-0.2, 0) is 23.7 Å². The summed E-state index contributed by atoms with van der Waals surface area (Å²) in [6.45, 7) is 25.6. The topological polar surface area (TPSA) is 82.1 Å². The van der Waals surface area contributed by atoms with Crippen molar-refractivity contribution in [2.45, 2.75) is 109 Å². The summed E-state index contributed by atoms with van der Waals surface area (Å²) in [6.07, 6.45) is 2.49. The highest BCUT2D eigenvalue weighted by molar-refractivity contribution is 7.91. The molecule has 1 saturated carbocycles. The number of allylic oxidation sites excluding steroid dienone is 1. The Balaban J connectivity index is 1.49. The van der Waals surface area contributed by atoms with Crippen molar-refractivity contribution in [1.29, 1.82) is 0 Å². The van der Waals surface area contributed by atoms with E-state index in [4.69, 9.17) is 13.9 Å². The zero-order valence-electron chi connectivity index (χ0n) is 35.3. The average molecular weight is 815 g/mol. The molecule has 1 aliphatic carbocycles. The van der Waals surface area contributed by atoms with Gasteiger partial charge in [0.05, 0.1) is 23.4 Å². The van der Waals surface area contributed by atoms with Crippen molar-refractivity contribution >= 4 is 36.6 Å². The molecular weight excluding hydrogens is 749 g/mol. The van der Waals surface area contributed by atoms with Gasteiger partial charge >= 0.3 is 0 Å². The molecule has 1 N–H and O–H groups in total. The largest absolute Gasteiger partial charge is 0.403 e. The van der Waals surface area contributed by atoms with Gasteiger partial charge in [0.15, 0.2) is 9.84 Å². The van der Waals surface area contributed by atoms with E-state index in [1.54, 1.807) is 24.3 Å². The lowest BCUT2D eigenvalue weighted by molar-refractivity contribution is -0.130. The monoisotopic (exact) mass is 814 g/mol. The zero-order valence-corrected chi connectivity index (χ0v) is 38.1. The third kappa shape index (κ3) is 11.5. The number of hydrogen-bond acceptors (Lipinski definition) is 6. The molecule has 0 saturated heterocycles. The second-order valence-corrected chi connectivity index (χ2v) is 29.9. The lowest BCUT2D eigenvalue weighted by Crippen LogP contribution is -2.66. The van der Waals surface area contributed by atoms with E-state index < -0.39 is 49.8 Å². The minimum absolute atomic E-state index is 0.0731. The Hall–Kier alpha value is -3.08. The maximum Gasteiger partial charge on any atom is 0.261 e. The van der Waals surface area contributed by atoms with Crippen molar-refractivity contribution in [1.82, 2.24) is 0 Å². The van der Waals surface area contributed by atoms with Crippen LogP contribution in [0.25, 0.3) is 0 Å². The van der Waals surface area contributed by atoms with Crippen LogP contribution < -0.4 is 10.4 Å². The van der Waals surface area contributed by atoms with Crippen LogP contribution in [-0.4, -0.2) is 67.9 Å². The lowest BCUT2D eigenvalue weighted by Gasteiger charge is -2.49. The van der Waals surface area contributed by atoms with Gasteiger partial charge in [-0.15, -0.1) is 5.92 Å². The molecule has 304 valence electrons. The number of sulfone groups is 1. The molecule has 3 aromatic rings. The molecule has 0 aromatic heterocycles. The van der Waals surface area contributed by atoms with Crippen LogP contribution in [0.15, 0.2) is 120 Å². The number of rotatable bonds is 17. The van der Waals surface area contributed by atoms with E-state index in [2.05, 4.69) is 139 Å². The van der Waals surface area contributed by atoms with Crippen molar-refractivity contribution < 1.29 is 27.4 Å². The Morgan fingerprint density at radius 1 is 0.982 bits per heavy atom. The first-order valence-corrected chi connectivity index (χ1v) is 27.3. The first-order valence-electron chi connectivity index (χ1n) is 20.1. The molecule has 0 unspecified atom stereocenters. The van der Waals surface area contributed by atoms with Gasteiger partial charge in [-0.25, -0.2) is 8.42 Å². The number of aliphatic hydroxyl groups is 1. The molecule has 0 radical (unpaired) electrons. The van der Waals surface area contributed by atoms with Gasteiger partial charge < -0.3 is 19.0 Å². The molecule has 9 heteroatoms. The summed E-state index contributed by atoms with van der Waals surface area (Å²) in [5, 5.41) is 14.1. The molecule has 0 aliphatic heterocycles. The molecule has 1 fully saturated rings. The molecule has 0 spiro atoms. The minimum atomic E-state index is -3.63. The fourth-order valence-corrected chi connectivity index (χ4v) is 15.2. The molecule has 6 nitrogen and oxygen atoms in total. The summed E-state index contributed by atoms with van der Waals surface area (Å²) >= 11 is 0. The van der Waals surface area contributed by atoms with Gasteiger partial charge in [-0.1, -0.05) is 163 Å². The summed E-state index contributed by atoms with van der Waals surface area (Å²) in [4.78, 5) is 0.285. The van der Waals surface area contributed by atoms with Crippen molar-refractivity contribution in [2.75, 3.05) is 25.8 Å². The maximum absolute atomic E-state index is 13.7. The number of ether oxygens (including phenoxy) is 2. The SMILES string of the molecule is C=C1[C@H]([C@@H](O)C#CCC/C=C(\C)CO[Si](c2ccccc2)(c2ccccc2)C(C)(C)C)[C@@H](OCOCC[Si](C)(C)C)C[C@@H](C)[C@]1(C)CS(=O)(=O)c1ccccc1. The van der Waals surface area contributed by atoms with Gasteiger partial charge in [0.2, 0.25) is 0 Å². The summed E-state index contributed by atoms with van der Waals surface area (Å²) in [7, 11) is -7.55. The van der Waals surface area contributed by atoms with Gasteiger partial charge in [-0.2, -0.15) is 0 Å². The van der Waals surface area contributed by atoms with Crippen molar-refractivity contribution in [3.63, 3.8) is 0 Å².